The van der Waals surface area contributed by atoms with E-state index in [0.29, 0.717) is 5.56 Å². The van der Waals surface area contributed by atoms with Crippen molar-refractivity contribution in [1.29, 1.82) is 0 Å². The van der Waals surface area contributed by atoms with Crippen LogP contribution in [0, 0.1) is 17.0 Å². The summed E-state index contributed by atoms with van der Waals surface area (Å²) in [6.45, 7) is 1.19. The summed E-state index contributed by atoms with van der Waals surface area (Å²) in [5.74, 6) is -0.586. The van der Waals surface area contributed by atoms with Gasteiger partial charge in [-0.2, -0.15) is 13.2 Å². The maximum absolute atomic E-state index is 12.5. The summed E-state index contributed by atoms with van der Waals surface area (Å²) in [5.41, 5.74) is 0.212. The number of hydrogen-bond donors (Lipinski definition) is 2. The highest BCUT2D eigenvalue weighted by molar-refractivity contribution is 7.92. The minimum Gasteiger partial charge on any atom is -0.370 e. The summed E-state index contributed by atoms with van der Waals surface area (Å²) in [5, 5.41) is 13.5. The molecule has 2 aromatic carbocycles. The van der Waals surface area contributed by atoms with Crippen LogP contribution < -0.4 is 10.0 Å². The number of alkyl halides is 3. The van der Waals surface area contributed by atoms with Crippen molar-refractivity contribution in [3.8, 4) is 0 Å². The Morgan fingerprint density at radius 1 is 1.19 bits per heavy atom. The van der Waals surface area contributed by atoms with Crippen LogP contribution in [0.15, 0.2) is 47.4 Å². The highest BCUT2D eigenvalue weighted by Crippen LogP contribution is 2.24. The molecule has 2 rings (SSSR count). The number of benzene rings is 2. The molecule has 1 atom stereocenters. The number of hydrogen-bond acceptors (Lipinski definition) is 6. The van der Waals surface area contributed by atoms with Gasteiger partial charge in [0.25, 0.3) is 21.6 Å². The fraction of sp³-hybridized carbons (Fsp3) is 0.316. The Morgan fingerprint density at radius 3 is 2.38 bits per heavy atom. The molecule has 0 bridgehead atoms. The molecular formula is C19H20F3N3O6S. The van der Waals surface area contributed by atoms with Crippen molar-refractivity contribution in [1.82, 2.24) is 5.32 Å². The van der Waals surface area contributed by atoms with E-state index in [1.807, 2.05) is 0 Å². The molecule has 1 amide bonds. The Kier molecular flexibility index (Phi) is 7.80. The summed E-state index contributed by atoms with van der Waals surface area (Å²) in [4.78, 5) is 22.2. The number of carbonyl (C=O) groups is 1. The SMILES string of the molecule is Cc1ccc(S(=O)(=O)Nc2ccc(C(=O)NC(C)COCC(F)(F)F)cc2)cc1[N+](=O)[O-]. The Balaban J connectivity index is 2.02. The molecule has 2 aromatic rings. The van der Waals surface area contributed by atoms with E-state index in [1.165, 1.54) is 50.2 Å². The first-order valence-electron chi connectivity index (χ1n) is 9.12. The van der Waals surface area contributed by atoms with Crippen molar-refractivity contribution >= 4 is 27.3 Å². The predicted octanol–water partition coefficient (Wildman–Crippen LogP) is 3.40. The highest BCUT2D eigenvalue weighted by Gasteiger charge is 2.27. The van der Waals surface area contributed by atoms with Gasteiger partial charge in [0.05, 0.1) is 16.4 Å². The number of nitrogens with one attached hydrogen (secondary N) is 2. The van der Waals surface area contributed by atoms with E-state index in [-0.39, 0.29) is 28.4 Å². The molecule has 0 fully saturated rings. The van der Waals surface area contributed by atoms with Crippen LogP contribution in [-0.4, -0.2) is 44.7 Å². The first-order chi connectivity index (χ1) is 14.8. The highest BCUT2D eigenvalue weighted by atomic mass is 32.2. The predicted molar refractivity (Wildman–Crippen MR) is 109 cm³/mol. The first kappa shape index (κ1) is 25.1. The number of anilines is 1. The third-order valence-electron chi connectivity index (χ3n) is 4.10. The fourth-order valence-corrected chi connectivity index (χ4v) is 3.64. The third-order valence-corrected chi connectivity index (χ3v) is 5.48. The van der Waals surface area contributed by atoms with E-state index >= 15 is 0 Å². The number of nitro groups is 1. The molecule has 32 heavy (non-hydrogen) atoms. The lowest BCUT2D eigenvalue weighted by Crippen LogP contribution is -2.36. The molecule has 1 unspecified atom stereocenters. The van der Waals surface area contributed by atoms with Crippen LogP contribution in [0.2, 0.25) is 0 Å². The van der Waals surface area contributed by atoms with Crippen molar-refractivity contribution in [3.05, 3.63) is 63.7 Å². The van der Waals surface area contributed by atoms with Crippen molar-refractivity contribution in [2.45, 2.75) is 31.0 Å². The van der Waals surface area contributed by atoms with E-state index in [4.69, 9.17) is 0 Å². The van der Waals surface area contributed by atoms with Gasteiger partial charge in [0.1, 0.15) is 6.61 Å². The summed E-state index contributed by atoms with van der Waals surface area (Å²) >= 11 is 0. The molecular weight excluding hydrogens is 455 g/mol. The Labute approximate surface area is 181 Å². The third kappa shape index (κ3) is 7.20. The zero-order chi connectivity index (χ0) is 24.1. The van der Waals surface area contributed by atoms with Crippen molar-refractivity contribution in [2.75, 3.05) is 17.9 Å². The van der Waals surface area contributed by atoms with E-state index in [0.717, 1.165) is 6.07 Å². The van der Waals surface area contributed by atoms with Crippen molar-refractivity contribution in [2.24, 2.45) is 0 Å². The van der Waals surface area contributed by atoms with Crippen molar-refractivity contribution in [3.63, 3.8) is 0 Å². The second kappa shape index (κ2) is 9.96. The number of sulfonamides is 1. The second-order valence-corrected chi connectivity index (χ2v) is 8.58. The van der Waals surface area contributed by atoms with Gasteiger partial charge in [-0.3, -0.25) is 19.6 Å². The van der Waals surface area contributed by atoms with Gasteiger partial charge in [0, 0.05) is 28.9 Å². The minimum atomic E-state index is -4.46. The van der Waals surface area contributed by atoms with Gasteiger partial charge in [0.2, 0.25) is 0 Å². The standard InChI is InChI=1S/C19H20F3N3O6S/c1-12-3-8-16(9-17(12)25(27)28)32(29,30)24-15-6-4-14(5-7-15)18(26)23-13(2)10-31-11-19(20,21)22/h3-9,13,24H,10-11H2,1-2H3,(H,23,26). The van der Waals surface area contributed by atoms with E-state index in [1.54, 1.807) is 0 Å². The largest absolute Gasteiger partial charge is 0.411 e. The molecule has 9 nitrogen and oxygen atoms in total. The molecule has 0 aromatic heterocycles. The molecule has 2 N–H and O–H groups in total. The lowest BCUT2D eigenvalue weighted by molar-refractivity contribution is -0.385. The van der Waals surface area contributed by atoms with Crippen molar-refractivity contribution < 1.29 is 36.0 Å². The number of aryl methyl sites for hydroxylation is 1. The zero-order valence-electron chi connectivity index (χ0n) is 17.0. The van der Waals surface area contributed by atoms with Crippen LogP contribution >= 0.6 is 0 Å². The summed E-state index contributed by atoms with van der Waals surface area (Å²) in [7, 11) is -4.12. The molecule has 13 heteroatoms. The summed E-state index contributed by atoms with van der Waals surface area (Å²) in [6, 6.07) is 8.04. The monoisotopic (exact) mass is 475 g/mol. The second-order valence-electron chi connectivity index (χ2n) is 6.89. The molecule has 0 heterocycles. The summed E-state index contributed by atoms with van der Waals surface area (Å²) in [6.07, 6.45) is -4.46. The van der Waals surface area contributed by atoms with Gasteiger partial charge in [-0.15, -0.1) is 0 Å². The number of ether oxygens (including phenoxy) is 1. The lowest BCUT2D eigenvalue weighted by Gasteiger charge is -2.15. The molecule has 0 aliphatic heterocycles. The van der Waals surface area contributed by atoms with E-state index in [9.17, 15) is 36.5 Å². The number of rotatable bonds is 9. The van der Waals surface area contributed by atoms with Gasteiger partial charge in [-0.05, 0) is 44.2 Å². The number of halogens is 3. The lowest BCUT2D eigenvalue weighted by atomic mass is 10.2. The van der Waals surface area contributed by atoms with Crippen LogP contribution in [0.3, 0.4) is 0 Å². The van der Waals surface area contributed by atoms with Gasteiger partial charge >= 0.3 is 6.18 Å². The van der Waals surface area contributed by atoms with Crippen LogP contribution in [0.25, 0.3) is 0 Å². The van der Waals surface area contributed by atoms with E-state index in [2.05, 4.69) is 14.8 Å². The van der Waals surface area contributed by atoms with E-state index < -0.39 is 39.7 Å². The quantitative estimate of drug-likeness (QED) is 0.423. The average Bonchev–Trinajstić information content (AvgIpc) is 2.67. The molecule has 0 saturated carbocycles. The first-order valence-corrected chi connectivity index (χ1v) is 10.6. The summed E-state index contributed by atoms with van der Waals surface area (Å²) < 4.78 is 68.0. The Morgan fingerprint density at radius 2 is 1.81 bits per heavy atom. The van der Waals surface area contributed by atoms with Gasteiger partial charge in [-0.25, -0.2) is 8.42 Å². The Bertz CT molecular complexity index is 1090. The minimum absolute atomic E-state index is 0.103. The van der Waals surface area contributed by atoms with Crippen LogP contribution in [0.5, 0.6) is 0 Å². The number of carbonyl (C=O) groups excluding carboxylic acids is 1. The number of nitrogens with zero attached hydrogens (tertiary/aromatic N) is 1. The molecule has 174 valence electrons. The van der Waals surface area contributed by atoms with Crippen LogP contribution in [0.4, 0.5) is 24.5 Å². The average molecular weight is 475 g/mol. The smallest absolute Gasteiger partial charge is 0.370 e. The zero-order valence-corrected chi connectivity index (χ0v) is 17.8. The molecule has 0 aliphatic carbocycles. The van der Waals surface area contributed by atoms with Gasteiger partial charge in [0.15, 0.2) is 0 Å². The number of nitro benzene ring substituents is 1. The molecule has 0 aliphatic rings. The van der Waals surface area contributed by atoms with Crippen LogP contribution in [0.1, 0.15) is 22.8 Å². The topological polar surface area (TPSA) is 128 Å². The maximum atomic E-state index is 12.5. The Hall–Kier alpha value is -3.19. The van der Waals surface area contributed by atoms with Gasteiger partial charge in [-0.1, -0.05) is 6.07 Å². The maximum Gasteiger partial charge on any atom is 0.411 e. The van der Waals surface area contributed by atoms with Crippen LogP contribution in [-0.2, 0) is 14.8 Å². The fourth-order valence-electron chi connectivity index (χ4n) is 2.56. The molecule has 0 saturated heterocycles. The number of amides is 1. The molecule has 0 spiro atoms. The molecule has 0 radical (unpaired) electrons. The van der Waals surface area contributed by atoms with Gasteiger partial charge < -0.3 is 10.1 Å². The normalized spacial score (nSPS) is 12.8.